The van der Waals surface area contributed by atoms with Gasteiger partial charge in [-0.15, -0.1) is 0 Å². The van der Waals surface area contributed by atoms with E-state index in [4.69, 9.17) is 11.7 Å². The minimum absolute atomic E-state index is 0.0170. The van der Waals surface area contributed by atoms with Crippen molar-refractivity contribution in [2.75, 3.05) is 5.32 Å². The highest BCUT2D eigenvalue weighted by Crippen LogP contribution is 2.23. The van der Waals surface area contributed by atoms with E-state index < -0.39 is 0 Å². The molecule has 6 N–H and O–H groups in total. The van der Waals surface area contributed by atoms with Gasteiger partial charge in [-0.25, -0.2) is 5.84 Å². The highest BCUT2D eigenvalue weighted by atomic mass is 15.3. The number of amidine groups is 1. The van der Waals surface area contributed by atoms with Crippen LogP contribution in [0.15, 0.2) is 35.4 Å². The number of anilines is 1. The molecule has 19 heavy (non-hydrogen) atoms. The Hall–Kier alpha value is -1.75. The molecule has 1 aromatic rings. The second kappa shape index (κ2) is 6.99. The molecule has 0 aliphatic rings. The van der Waals surface area contributed by atoms with Crippen LogP contribution < -0.4 is 22.4 Å². The maximum Gasteiger partial charge on any atom is 0.158 e. The summed E-state index contributed by atoms with van der Waals surface area (Å²) in [4.78, 5) is 0. The first-order valence-electron chi connectivity index (χ1n) is 6.52. The Morgan fingerprint density at radius 3 is 2.37 bits per heavy atom. The highest BCUT2D eigenvalue weighted by molar-refractivity contribution is 5.89. The standard InChI is InChI=1S/C14H25N5/c1-14(2,3)10-9-12(13(18-15)19-16)17-11-7-5-4-6-8-11/h4-8,12,17H,9-10,15-16H2,1-3H3,(H,18,19). The second-order valence-electron chi connectivity index (χ2n) is 5.82. The van der Waals surface area contributed by atoms with Gasteiger partial charge in [-0.1, -0.05) is 39.0 Å². The summed E-state index contributed by atoms with van der Waals surface area (Å²) in [5.41, 5.74) is 3.85. The average molecular weight is 263 g/mol. The van der Waals surface area contributed by atoms with E-state index in [1.54, 1.807) is 0 Å². The van der Waals surface area contributed by atoms with Gasteiger partial charge in [0.15, 0.2) is 5.84 Å². The minimum atomic E-state index is -0.0170. The maximum atomic E-state index is 5.48. The molecule has 106 valence electrons. The van der Waals surface area contributed by atoms with Crippen LogP contribution in [0.5, 0.6) is 0 Å². The molecule has 0 saturated carbocycles. The highest BCUT2D eigenvalue weighted by Gasteiger charge is 2.19. The van der Waals surface area contributed by atoms with Crippen molar-refractivity contribution in [3.8, 4) is 0 Å². The van der Waals surface area contributed by atoms with Crippen LogP contribution >= 0.6 is 0 Å². The quantitative estimate of drug-likeness (QED) is 0.283. The summed E-state index contributed by atoms with van der Waals surface area (Å²) in [5, 5.41) is 7.12. The number of nitrogens with one attached hydrogen (secondary N) is 2. The normalized spacial score (nSPS) is 14.0. The fourth-order valence-electron chi connectivity index (χ4n) is 1.82. The molecular weight excluding hydrogens is 238 g/mol. The number of hydrazone groups is 1. The van der Waals surface area contributed by atoms with Gasteiger partial charge < -0.3 is 16.6 Å². The number of para-hydroxylation sites is 1. The first kappa shape index (κ1) is 15.3. The molecule has 0 saturated heterocycles. The number of benzene rings is 1. The Balaban J connectivity index is 2.75. The lowest BCUT2D eigenvalue weighted by Crippen LogP contribution is -2.44. The minimum Gasteiger partial charge on any atom is -0.375 e. The molecule has 1 rings (SSSR count). The van der Waals surface area contributed by atoms with Crippen LogP contribution in [0.3, 0.4) is 0 Å². The summed E-state index contributed by atoms with van der Waals surface area (Å²) in [5.74, 6) is 11.4. The zero-order valence-electron chi connectivity index (χ0n) is 12.0. The van der Waals surface area contributed by atoms with Crippen LogP contribution in [0.25, 0.3) is 0 Å². The lowest BCUT2D eigenvalue weighted by Gasteiger charge is -2.25. The third kappa shape index (κ3) is 5.61. The number of hydrazine groups is 1. The van der Waals surface area contributed by atoms with Gasteiger partial charge in [-0.05, 0) is 30.4 Å². The van der Waals surface area contributed by atoms with Gasteiger partial charge in [0.2, 0.25) is 0 Å². The van der Waals surface area contributed by atoms with E-state index in [9.17, 15) is 0 Å². The van der Waals surface area contributed by atoms with Gasteiger partial charge in [0.25, 0.3) is 0 Å². The Labute approximate surface area is 115 Å². The van der Waals surface area contributed by atoms with Crippen LogP contribution in [0.4, 0.5) is 5.69 Å². The van der Waals surface area contributed by atoms with Crippen LogP contribution in [-0.2, 0) is 0 Å². The van der Waals surface area contributed by atoms with Gasteiger partial charge in [-0.2, -0.15) is 5.10 Å². The Morgan fingerprint density at radius 2 is 1.89 bits per heavy atom. The summed E-state index contributed by atoms with van der Waals surface area (Å²) >= 11 is 0. The second-order valence-corrected chi connectivity index (χ2v) is 5.82. The van der Waals surface area contributed by atoms with Crippen LogP contribution in [0.2, 0.25) is 0 Å². The third-order valence-corrected chi connectivity index (χ3v) is 2.91. The zero-order valence-corrected chi connectivity index (χ0v) is 12.0. The molecule has 5 heteroatoms. The van der Waals surface area contributed by atoms with Crippen LogP contribution in [0, 0.1) is 5.41 Å². The largest absolute Gasteiger partial charge is 0.375 e. The summed E-state index contributed by atoms with van der Waals surface area (Å²) < 4.78 is 0. The molecule has 1 atom stereocenters. The van der Waals surface area contributed by atoms with Gasteiger partial charge in [0.05, 0.1) is 6.04 Å². The van der Waals surface area contributed by atoms with Crippen LogP contribution in [0.1, 0.15) is 33.6 Å². The van der Waals surface area contributed by atoms with E-state index in [1.165, 1.54) is 0 Å². The molecule has 0 amide bonds. The van der Waals surface area contributed by atoms with E-state index in [0.29, 0.717) is 5.84 Å². The smallest absolute Gasteiger partial charge is 0.158 e. The monoisotopic (exact) mass is 263 g/mol. The molecule has 0 aliphatic carbocycles. The number of rotatable bonds is 5. The topological polar surface area (TPSA) is 88.5 Å². The molecule has 0 spiro atoms. The SMILES string of the molecule is CC(C)(C)CCC(Nc1ccccc1)/C(=N/N)NN. The van der Waals surface area contributed by atoms with Crippen molar-refractivity contribution < 1.29 is 0 Å². The molecule has 0 fully saturated rings. The summed E-state index contributed by atoms with van der Waals surface area (Å²) in [7, 11) is 0. The molecule has 0 heterocycles. The van der Waals surface area contributed by atoms with E-state index in [-0.39, 0.29) is 11.5 Å². The Morgan fingerprint density at radius 1 is 1.26 bits per heavy atom. The van der Waals surface area contributed by atoms with Crippen molar-refractivity contribution in [3.05, 3.63) is 30.3 Å². The summed E-state index contributed by atoms with van der Waals surface area (Å²) in [6.45, 7) is 6.63. The van der Waals surface area contributed by atoms with E-state index in [2.05, 4.69) is 36.6 Å². The van der Waals surface area contributed by atoms with Crippen molar-refractivity contribution >= 4 is 11.5 Å². The van der Waals surface area contributed by atoms with E-state index in [1.807, 2.05) is 30.3 Å². The van der Waals surface area contributed by atoms with Gasteiger partial charge in [0.1, 0.15) is 0 Å². The fraction of sp³-hybridized carbons (Fsp3) is 0.500. The summed E-state index contributed by atoms with van der Waals surface area (Å²) in [6, 6.07) is 9.95. The molecule has 5 nitrogen and oxygen atoms in total. The molecule has 0 bridgehead atoms. The summed E-state index contributed by atoms with van der Waals surface area (Å²) in [6.07, 6.45) is 1.94. The Kier molecular flexibility index (Phi) is 5.63. The van der Waals surface area contributed by atoms with E-state index >= 15 is 0 Å². The molecule has 0 aromatic heterocycles. The lowest BCUT2D eigenvalue weighted by molar-refractivity contribution is 0.363. The first-order chi connectivity index (χ1) is 8.96. The van der Waals surface area contributed by atoms with E-state index in [0.717, 1.165) is 18.5 Å². The van der Waals surface area contributed by atoms with Gasteiger partial charge in [-0.3, -0.25) is 0 Å². The number of nitrogens with zero attached hydrogens (tertiary/aromatic N) is 1. The number of hydrogen-bond acceptors (Lipinski definition) is 4. The Bertz CT molecular complexity index is 394. The van der Waals surface area contributed by atoms with Crippen molar-refractivity contribution in [2.24, 2.45) is 22.2 Å². The van der Waals surface area contributed by atoms with Crippen LogP contribution in [-0.4, -0.2) is 11.9 Å². The first-order valence-corrected chi connectivity index (χ1v) is 6.52. The molecular formula is C14H25N5. The zero-order chi connectivity index (χ0) is 14.3. The predicted molar refractivity (Wildman–Crippen MR) is 81.5 cm³/mol. The molecule has 0 radical (unpaired) electrons. The van der Waals surface area contributed by atoms with Crippen molar-refractivity contribution in [3.63, 3.8) is 0 Å². The average Bonchev–Trinajstić information content (AvgIpc) is 2.37. The number of nitrogens with two attached hydrogens (primary N) is 2. The number of hydrogen-bond donors (Lipinski definition) is 4. The predicted octanol–water partition coefficient (Wildman–Crippen LogP) is 2.03. The van der Waals surface area contributed by atoms with Gasteiger partial charge >= 0.3 is 0 Å². The van der Waals surface area contributed by atoms with Crippen molar-refractivity contribution in [1.29, 1.82) is 0 Å². The molecule has 0 aliphatic heterocycles. The third-order valence-electron chi connectivity index (χ3n) is 2.91. The van der Waals surface area contributed by atoms with Crippen molar-refractivity contribution in [2.45, 2.75) is 39.7 Å². The lowest BCUT2D eigenvalue weighted by atomic mass is 9.88. The fourth-order valence-corrected chi connectivity index (χ4v) is 1.82. The molecule has 1 aromatic carbocycles. The maximum absolute atomic E-state index is 5.48. The molecule has 1 unspecified atom stereocenters. The van der Waals surface area contributed by atoms with Crippen molar-refractivity contribution in [1.82, 2.24) is 5.43 Å². The van der Waals surface area contributed by atoms with Gasteiger partial charge in [0, 0.05) is 5.69 Å².